The minimum absolute atomic E-state index is 0.0105. The monoisotopic (exact) mass is 397 g/mol. The van der Waals surface area contributed by atoms with Gasteiger partial charge in [0.05, 0.1) is 4.92 Å². The molecule has 0 saturated heterocycles. The average Bonchev–Trinajstić information content (AvgIpc) is 3.08. The number of hydrogen-bond acceptors (Lipinski definition) is 6. The van der Waals surface area contributed by atoms with Gasteiger partial charge in [-0.05, 0) is 30.3 Å². The Morgan fingerprint density at radius 2 is 1.96 bits per heavy atom. The molecule has 1 aromatic heterocycles. The number of amides is 1. The number of aromatic nitrogens is 2. The van der Waals surface area contributed by atoms with Gasteiger partial charge in [-0.3, -0.25) is 14.9 Å². The highest BCUT2D eigenvalue weighted by Crippen LogP contribution is 2.27. The van der Waals surface area contributed by atoms with Gasteiger partial charge in [0.15, 0.2) is 5.16 Å². The Morgan fingerprint density at radius 1 is 1.21 bits per heavy atom. The zero-order chi connectivity index (χ0) is 19.9. The van der Waals surface area contributed by atoms with Crippen LogP contribution in [0.5, 0.6) is 0 Å². The minimum Gasteiger partial charge on any atom is -0.379 e. The molecular weight excluding hydrogens is 378 g/mol. The molecule has 0 atom stereocenters. The maximum atomic E-state index is 12.1. The van der Waals surface area contributed by atoms with Gasteiger partial charge in [-0.15, -0.1) is 0 Å². The number of carbonyl (C=O) groups excluding carboxylic acids is 1. The molecule has 0 radical (unpaired) electrons. The predicted molar refractivity (Wildman–Crippen MR) is 109 cm³/mol. The van der Waals surface area contributed by atoms with Crippen LogP contribution >= 0.6 is 11.8 Å². The Bertz CT molecular complexity index is 972. The van der Waals surface area contributed by atoms with E-state index in [1.807, 2.05) is 42.1 Å². The van der Waals surface area contributed by atoms with Crippen molar-refractivity contribution in [1.82, 2.24) is 9.55 Å². The molecule has 0 aliphatic carbocycles. The summed E-state index contributed by atoms with van der Waals surface area (Å²) in [6, 6.07) is 13.9. The Kier molecular flexibility index (Phi) is 6.28. The van der Waals surface area contributed by atoms with E-state index in [1.165, 1.54) is 17.8 Å². The van der Waals surface area contributed by atoms with Crippen molar-refractivity contribution in [2.75, 3.05) is 17.2 Å². The standard InChI is InChI=1S/C19H19N5O3S/c1-23-13-12-21-19(23)28-15-8-6-14(7-9-15)22-18(25)10-11-20-16-4-2-3-5-17(16)24(26)27/h2-9,12-13,20H,10-11H2,1H3,(H,22,25). The Labute approximate surface area is 166 Å². The smallest absolute Gasteiger partial charge is 0.292 e. The van der Waals surface area contributed by atoms with E-state index in [2.05, 4.69) is 15.6 Å². The molecule has 8 nitrogen and oxygen atoms in total. The van der Waals surface area contributed by atoms with Crippen molar-refractivity contribution < 1.29 is 9.72 Å². The molecule has 3 rings (SSSR count). The largest absolute Gasteiger partial charge is 0.379 e. The lowest BCUT2D eigenvalue weighted by molar-refractivity contribution is -0.384. The van der Waals surface area contributed by atoms with E-state index in [9.17, 15) is 14.9 Å². The summed E-state index contributed by atoms with van der Waals surface area (Å²) in [6.45, 7) is 0.295. The van der Waals surface area contributed by atoms with E-state index in [0.29, 0.717) is 17.9 Å². The van der Waals surface area contributed by atoms with Gasteiger partial charge in [-0.25, -0.2) is 4.98 Å². The highest BCUT2D eigenvalue weighted by molar-refractivity contribution is 7.99. The summed E-state index contributed by atoms with van der Waals surface area (Å²) < 4.78 is 1.93. The SMILES string of the molecule is Cn1ccnc1Sc1ccc(NC(=O)CCNc2ccccc2[N+](=O)[O-])cc1. The fourth-order valence-corrected chi connectivity index (χ4v) is 3.28. The van der Waals surface area contributed by atoms with Crippen LogP contribution in [0.15, 0.2) is 71.0 Å². The molecule has 144 valence electrons. The van der Waals surface area contributed by atoms with Gasteiger partial charge in [0.1, 0.15) is 5.69 Å². The topological polar surface area (TPSA) is 102 Å². The molecule has 28 heavy (non-hydrogen) atoms. The molecule has 2 aromatic carbocycles. The molecule has 3 aromatic rings. The highest BCUT2D eigenvalue weighted by Gasteiger charge is 2.12. The van der Waals surface area contributed by atoms with Gasteiger partial charge in [-0.2, -0.15) is 0 Å². The number of benzene rings is 2. The summed E-state index contributed by atoms with van der Waals surface area (Å²) in [5.74, 6) is -0.171. The van der Waals surface area contributed by atoms with Crippen LogP contribution in [-0.4, -0.2) is 26.9 Å². The number of anilines is 2. The van der Waals surface area contributed by atoms with E-state index in [1.54, 1.807) is 24.4 Å². The number of nitro groups is 1. The van der Waals surface area contributed by atoms with Crippen molar-refractivity contribution in [3.05, 3.63) is 71.0 Å². The molecule has 0 fully saturated rings. The zero-order valence-electron chi connectivity index (χ0n) is 15.2. The number of hydrogen-bond donors (Lipinski definition) is 2. The Balaban J connectivity index is 1.49. The second kappa shape index (κ2) is 9.05. The third-order valence-electron chi connectivity index (χ3n) is 3.89. The molecule has 1 heterocycles. The molecule has 0 aliphatic heterocycles. The highest BCUT2D eigenvalue weighted by atomic mass is 32.2. The van der Waals surface area contributed by atoms with Crippen molar-refractivity contribution >= 4 is 34.7 Å². The normalized spacial score (nSPS) is 10.5. The van der Waals surface area contributed by atoms with Crippen LogP contribution in [0.1, 0.15) is 6.42 Å². The van der Waals surface area contributed by atoms with Crippen molar-refractivity contribution in [3.63, 3.8) is 0 Å². The molecule has 0 spiro atoms. The summed E-state index contributed by atoms with van der Waals surface area (Å²) in [4.78, 5) is 27.9. The van der Waals surface area contributed by atoms with Gasteiger partial charge < -0.3 is 15.2 Å². The van der Waals surface area contributed by atoms with E-state index >= 15 is 0 Å². The second-order valence-corrected chi connectivity index (χ2v) is 6.99. The van der Waals surface area contributed by atoms with Crippen LogP contribution < -0.4 is 10.6 Å². The van der Waals surface area contributed by atoms with Crippen LogP contribution in [0.25, 0.3) is 0 Å². The Hall–Kier alpha value is -3.33. The van der Waals surface area contributed by atoms with Crippen molar-refractivity contribution in [2.45, 2.75) is 16.5 Å². The summed E-state index contributed by atoms with van der Waals surface area (Å²) in [5.41, 5.74) is 1.08. The zero-order valence-corrected chi connectivity index (χ0v) is 16.0. The van der Waals surface area contributed by atoms with E-state index in [4.69, 9.17) is 0 Å². The summed E-state index contributed by atoms with van der Waals surface area (Å²) in [7, 11) is 1.93. The van der Waals surface area contributed by atoms with E-state index < -0.39 is 4.92 Å². The van der Waals surface area contributed by atoms with Crippen molar-refractivity contribution in [3.8, 4) is 0 Å². The number of nitrogens with zero attached hydrogens (tertiary/aromatic N) is 3. The predicted octanol–water partition coefficient (Wildman–Crippen LogP) is 3.92. The number of nitrogens with one attached hydrogen (secondary N) is 2. The molecular formula is C19H19N5O3S. The van der Waals surface area contributed by atoms with Crippen LogP contribution in [0.3, 0.4) is 0 Å². The first-order chi connectivity index (χ1) is 13.5. The molecule has 1 amide bonds. The fraction of sp³-hybridized carbons (Fsp3) is 0.158. The number of rotatable bonds is 8. The number of aryl methyl sites for hydroxylation is 1. The summed E-state index contributed by atoms with van der Waals surface area (Å²) in [5, 5.41) is 17.6. The minimum atomic E-state index is -0.451. The number of para-hydroxylation sites is 2. The first-order valence-corrected chi connectivity index (χ1v) is 9.37. The van der Waals surface area contributed by atoms with Gasteiger partial charge in [0, 0.05) is 49.1 Å². The Morgan fingerprint density at radius 3 is 2.64 bits per heavy atom. The van der Waals surface area contributed by atoms with Gasteiger partial charge >= 0.3 is 0 Å². The van der Waals surface area contributed by atoms with Gasteiger partial charge in [0.2, 0.25) is 5.91 Å². The summed E-state index contributed by atoms with van der Waals surface area (Å²) >= 11 is 1.54. The second-order valence-electron chi connectivity index (χ2n) is 5.95. The van der Waals surface area contributed by atoms with Crippen molar-refractivity contribution in [2.24, 2.45) is 7.05 Å². The number of carbonyl (C=O) groups is 1. The lowest BCUT2D eigenvalue weighted by Crippen LogP contribution is -2.16. The molecule has 0 saturated carbocycles. The lowest BCUT2D eigenvalue weighted by Gasteiger charge is -2.08. The third-order valence-corrected chi connectivity index (χ3v) is 4.98. The summed E-state index contributed by atoms with van der Waals surface area (Å²) in [6.07, 6.45) is 3.82. The van der Waals surface area contributed by atoms with Gasteiger partial charge in [-0.1, -0.05) is 23.9 Å². The first-order valence-electron chi connectivity index (χ1n) is 8.55. The van der Waals surface area contributed by atoms with Crippen LogP contribution in [0.2, 0.25) is 0 Å². The van der Waals surface area contributed by atoms with E-state index in [-0.39, 0.29) is 18.0 Å². The first kappa shape index (κ1) is 19.4. The maximum Gasteiger partial charge on any atom is 0.292 e. The lowest BCUT2D eigenvalue weighted by atomic mass is 10.2. The maximum absolute atomic E-state index is 12.1. The third kappa shape index (κ3) is 5.10. The molecule has 2 N–H and O–H groups in total. The molecule has 0 bridgehead atoms. The molecule has 9 heteroatoms. The van der Waals surface area contributed by atoms with E-state index in [0.717, 1.165) is 10.1 Å². The number of nitro benzene ring substituents is 1. The fourth-order valence-electron chi connectivity index (χ4n) is 2.48. The van der Waals surface area contributed by atoms with Crippen LogP contribution in [0, 0.1) is 10.1 Å². The molecule has 0 aliphatic rings. The van der Waals surface area contributed by atoms with Gasteiger partial charge in [0.25, 0.3) is 5.69 Å². The quantitative estimate of drug-likeness (QED) is 0.441. The van der Waals surface area contributed by atoms with Crippen LogP contribution in [-0.2, 0) is 11.8 Å². The van der Waals surface area contributed by atoms with Crippen molar-refractivity contribution in [1.29, 1.82) is 0 Å². The molecule has 0 unspecified atom stereocenters. The number of imidazole rings is 1. The van der Waals surface area contributed by atoms with Crippen LogP contribution in [0.4, 0.5) is 17.1 Å². The average molecular weight is 397 g/mol.